The summed E-state index contributed by atoms with van der Waals surface area (Å²) in [4.78, 5) is 21.7. The maximum atomic E-state index is 11.7. The molecule has 1 aromatic heterocycles. The number of carbonyl (C=O) groups is 1. The van der Waals surface area contributed by atoms with Crippen molar-refractivity contribution >= 4 is 32.3 Å². The van der Waals surface area contributed by atoms with Gasteiger partial charge in [-0.25, -0.2) is 23.3 Å². The summed E-state index contributed by atoms with van der Waals surface area (Å²) in [5.41, 5.74) is 0. The van der Waals surface area contributed by atoms with Crippen LogP contribution in [-0.4, -0.2) is 51.5 Å². The van der Waals surface area contributed by atoms with E-state index in [-0.39, 0.29) is 9.96 Å². The molecule has 9 heteroatoms. The van der Waals surface area contributed by atoms with E-state index in [0.717, 1.165) is 16.4 Å². The molecule has 0 aromatic carbocycles. The fourth-order valence-corrected chi connectivity index (χ4v) is 3.25. The molecule has 0 fully saturated rings. The van der Waals surface area contributed by atoms with E-state index in [0.29, 0.717) is 5.13 Å². The topological polar surface area (TPSA) is 79.8 Å². The number of anilines is 1. The Morgan fingerprint density at radius 2 is 2.11 bits per heavy atom. The number of sulfone groups is 1. The van der Waals surface area contributed by atoms with E-state index >= 15 is 0 Å². The third-order valence-corrected chi connectivity index (χ3v) is 5.63. The van der Waals surface area contributed by atoms with Crippen LogP contribution in [0, 0.1) is 0 Å². The summed E-state index contributed by atoms with van der Waals surface area (Å²) < 4.78 is 23.4. The van der Waals surface area contributed by atoms with Gasteiger partial charge in [0, 0.05) is 14.1 Å². The monoisotopic (exact) mass is 293 g/mol. The SMILES string of the molecule is CCS(=O)(=O)c1cnc(N(C)C(=O)N(C)OC)s1. The van der Waals surface area contributed by atoms with Gasteiger partial charge >= 0.3 is 6.03 Å². The first-order valence-electron chi connectivity index (χ1n) is 5.07. The van der Waals surface area contributed by atoms with Crippen LogP contribution in [0.4, 0.5) is 9.93 Å². The van der Waals surface area contributed by atoms with Crippen molar-refractivity contribution in [2.24, 2.45) is 0 Å². The van der Waals surface area contributed by atoms with Gasteiger partial charge in [-0.05, 0) is 0 Å². The first-order valence-corrected chi connectivity index (χ1v) is 7.54. The van der Waals surface area contributed by atoms with Crippen molar-refractivity contribution in [2.45, 2.75) is 11.1 Å². The zero-order chi connectivity index (χ0) is 13.9. The Hall–Kier alpha value is -1.19. The third-order valence-electron chi connectivity index (χ3n) is 2.28. The van der Waals surface area contributed by atoms with Crippen molar-refractivity contribution in [3.05, 3.63) is 6.20 Å². The molecule has 2 amide bonds. The number of thiazole rings is 1. The van der Waals surface area contributed by atoms with Gasteiger partial charge in [0.05, 0.1) is 19.1 Å². The molecule has 0 spiro atoms. The highest BCUT2D eigenvalue weighted by atomic mass is 32.2. The van der Waals surface area contributed by atoms with Crippen molar-refractivity contribution in [3.63, 3.8) is 0 Å². The average molecular weight is 293 g/mol. The lowest BCUT2D eigenvalue weighted by atomic mass is 10.8. The minimum Gasteiger partial charge on any atom is -0.273 e. The molecular weight excluding hydrogens is 278 g/mol. The highest BCUT2D eigenvalue weighted by Gasteiger charge is 2.22. The van der Waals surface area contributed by atoms with Gasteiger partial charge in [-0.3, -0.25) is 9.74 Å². The van der Waals surface area contributed by atoms with Crippen molar-refractivity contribution in [1.29, 1.82) is 0 Å². The van der Waals surface area contributed by atoms with E-state index < -0.39 is 15.9 Å². The van der Waals surface area contributed by atoms with Crippen LogP contribution in [0.3, 0.4) is 0 Å². The fourth-order valence-electron chi connectivity index (χ4n) is 1.06. The minimum absolute atomic E-state index is 0.00423. The molecule has 1 aromatic rings. The summed E-state index contributed by atoms with van der Waals surface area (Å²) >= 11 is 0.953. The number of urea groups is 1. The number of rotatable bonds is 4. The lowest BCUT2D eigenvalue weighted by Crippen LogP contribution is -2.38. The second kappa shape index (κ2) is 5.63. The zero-order valence-corrected chi connectivity index (χ0v) is 12.2. The Labute approximate surface area is 110 Å². The van der Waals surface area contributed by atoms with E-state index in [1.807, 2.05) is 0 Å². The molecule has 0 saturated carbocycles. The summed E-state index contributed by atoms with van der Waals surface area (Å²) in [5.74, 6) is 0.00423. The van der Waals surface area contributed by atoms with Crippen LogP contribution in [0.1, 0.15) is 6.92 Å². The summed E-state index contributed by atoms with van der Waals surface area (Å²) in [6.45, 7) is 1.56. The predicted octanol–water partition coefficient (Wildman–Crippen LogP) is 0.986. The average Bonchev–Trinajstić information content (AvgIpc) is 2.86. The summed E-state index contributed by atoms with van der Waals surface area (Å²) in [6, 6.07) is -0.438. The maximum Gasteiger partial charge on any atom is 0.349 e. The number of nitrogens with zero attached hydrogens (tertiary/aromatic N) is 3. The first kappa shape index (κ1) is 14.9. The molecule has 0 bridgehead atoms. The van der Waals surface area contributed by atoms with Crippen molar-refractivity contribution in [2.75, 3.05) is 31.9 Å². The molecule has 0 aliphatic carbocycles. The molecule has 7 nitrogen and oxygen atoms in total. The quantitative estimate of drug-likeness (QED) is 0.773. The molecule has 102 valence electrons. The Morgan fingerprint density at radius 1 is 1.50 bits per heavy atom. The molecule has 0 radical (unpaired) electrons. The van der Waals surface area contributed by atoms with Crippen LogP contribution < -0.4 is 4.90 Å². The van der Waals surface area contributed by atoms with E-state index in [4.69, 9.17) is 4.84 Å². The van der Waals surface area contributed by atoms with E-state index in [1.54, 1.807) is 6.92 Å². The molecule has 0 aliphatic heterocycles. The van der Waals surface area contributed by atoms with Crippen LogP contribution in [0.2, 0.25) is 0 Å². The molecule has 0 aliphatic rings. The molecule has 0 atom stereocenters. The van der Waals surface area contributed by atoms with E-state index in [1.165, 1.54) is 32.3 Å². The number of carbonyl (C=O) groups excluding carboxylic acids is 1. The molecule has 0 N–H and O–H groups in total. The largest absolute Gasteiger partial charge is 0.349 e. The van der Waals surface area contributed by atoms with Gasteiger partial charge in [-0.15, -0.1) is 0 Å². The zero-order valence-electron chi connectivity index (χ0n) is 10.6. The Kier molecular flexibility index (Phi) is 4.65. The van der Waals surface area contributed by atoms with Gasteiger partial charge in [-0.1, -0.05) is 18.3 Å². The Bertz CT molecular complexity index is 526. The number of amides is 2. The highest BCUT2D eigenvalue weighted by Crippen LogP contribution is 2.26. The normalized spacial score (nSPS) is 11.3. The molecule has 1 heterocycles. The van der Waals surface area contributed by atoms with Gasteiger partial charge in [0.25, 0.3) is 0 Å². The summed E-state index contributed by atoms with van der Waals surface area (Å²) in [6.07, 6.45) is 1.26. The third kappa shape index (κ3) is 2.98. The predicted molar refractivity (Wildman–Crippen MR) is 68.4 cm³/mol. The van der Waals surface area contributed by atoms with Crippen molar-refractivity contribution < 1.29 is 18.0 Å². The minimum atomic E-state index is -3.29. The molecule has 0 unspecified atom stereocenters. The van der Waals surface area contributed by atoms with Crippen molar-refractivity contribution in [1.82, 2.24) is 10.0 Å². The van der Waals surface area contributed by atoms with Crippen LogP contribution >= 0.6 is 11.3 Å². The standard InChI is InChI=1S/C9H15N3O4S2/c1-5-18(14,15)7-6-10-8(17-7)11(2)9(13)12(3)16-4/h6H,5H2,1-4H3. The Balaban J connectivity index is 2.97. The summed E-state index contributed by atoms with van der Waals surface area (Å²) in [5, 5.41) is 1.32. The van der Waals surface area contributed by atoms with Crippen LogP contribution in [-0.2, 0) is 14.7 Å². The number of hydrogen-bond donors (Lipinski definition) is 0. The summed E-state index contributed by atoms with van der Waals surface area (Å²) in [7, 11) is 1.03. The van der Waals surface area contributed by atoms with Gasteiger partial charge in [-0.2, -0.15) is 0 Å². The number of hydrogen-bond acceptors (Lipinski definition) is 6. The van der Waals surface area contributed by atoms with Gasteiger partial charge in [0.1, 0.15) is 4.21 Å². The number of hydroxylamine groups is 2. The highest BCUT2D eigenvalue weighted by molar-refractivity contribution is 7.93. The molecular formula is C9H15N3O4S2. The molecule has 1 rings (SSSR count). The lowest BCUT2D eigenvalue weighted by molar-refractivity contribution is -0.0618. The van der Waals surface area contributed by atoms with Gasteiger partial charge in [0.2, 0.25) is 0 Å². The van der Waals surface area contributed by atoms with E-state index in [9.17, 15) is 13.2 Å². The second-order valence-corrected chi connectivity index (χ2v) is 6.90. The van der Waals surface area contributed by atoms with Crippen LogP contribution in [0.25, 0.3) is 0 Å². The van der Waals surface area contributed by atoms with Crippen molar-refractivity contribution in [3.8, 4) is 0 Å². The smallest absolute Gasteiger partial charge is 0.273 e. The Morgan fingerprint density at radius 3 is 2.61 bits per heavy atom. The van der Waals surface area contributed by atoms with E-state index in [2.05, 4.69) is 4.98 Å². The number of aromatic nitrogens is 1. The molecule has 0 saturated heterocycles. The lowest BCUT2D eigenvalue weighted by Gasteiger charge is -2.20. The fraction of sp³-hybridized carbons (Fsp3) is 0.556. The molecule has 18 heavy (non-hydrogen) atoms. The van der Waals surface area contributed by atoms with Gasteiger partial charge < -0.3 is 0 Å². The van der Waals surface area contributed by atoms with Gasteiger partial charge in [0.15, 0.2) is 15.0 Å². The first-order chi connectivity index (χ1) is 8.33. The maximum absolute atomic E-state index is 11.7. The van der Waals surface area contributed by atoms with Crippen LogP contribution in [0.5, 0.6) is 0 Å². The second-order valence-electron chi connectivity index (χ2n) is 3.39. The van der Waals surface area contributed by atoms with Crippen LogP contribution in [0.15, 0.2) is 10.4 Å².